The number of nitrogens with one attached hydrogen (secondary N) is 1. The van der Waals surface area contributed by atoms with Gasteiger partial charge in [0, 0.05) is 6.54 Å². The quantitative estimate of drug-likeness (QED) is 0.898. The summed E-state index contributed by atoms with van der Waals surface area (Å²) in [5, 5.41) is 3.13. The molecule has 0 heterocycles. The maximum Gasteiger partial charge on any atom is 0.422 e. The van der Waals surface area contributed by atoms with E-state index >= 15 is 0 Å². The van der Waals surface area contributed by atoms with Gasteiger partial charge in [0.15, 0.2) is 6.61 Å². The molecule has 0 aliphatic rings. The van der Waals surface area contributed by atoms with Crippen molar-refractivity contribution in [1.82, 2.24) is 5.32 Å². The highest BCUT2D eigenvalue weighted by Crippen LogP contribution is 2.27. The highest BCUT2D eigenvalue weighted by Gasteiger charge is 2.28. The highest BCUT2D eigenvalue weighted by atomic mass is 79.9. The van der Waals surface area contributed by atoms with Crippen LogP contribution in [0.3, 0.4) is 0 Å². The Morgan fingerprint density at radius 2 is 2.06 bits per heavy atom. The number of hydrogen-bond donors (Lipinski definition) is 1. The summed E-state index contributed by atoms with van der Waals surface area (Å²) in [4.78, 5) is 0. The molecule has 0 unspecified atom stereocenters. The Kier molecular flexibility index (Phi) is 5.27. The Labute approximate surface area is 106 Å². The fourth-order valence-corrected chi connectivity index (χ4v) is 1.74. The summed E-state index contributed by atoms with van der Waals surface area (Å²) in [6, 6.07) is 5.01. The van der Waals surface area contributed by atoms with E-state index in [-0.39, 0.29) is 5.75 Å². The molecule has 6 heteroatoms. The van der Waals surface area contributed by atoms with Gasteiger partial charge in [-0.25, -0.2) is 0 Å². The smallest absolute Gasteiger partial charge is 0.422 e. The van der Waals surface area contributed by atoms with Crippen LogP contribution in [-0.4, -0.2) is 19.3 Å². The molecule has 1 aromatic carbocycles. The Morgan fingerprint density at radius 1 is 1.35 bits per heavy atom. The first-order valence-electron chi connectivity index (χ1n) is 5.11. The zero-order chi connectivity index (χ0) is 12.9. The van der Waals surface area contributed by atoms with Crippen LogP contribution >= 0.6 is 15.9 Å². The molecule has 0 saturated carbocycles. The van der Waals surface area contributed by atoms with Gasteiger partial charge in [0.25, 0.3) is 0 Å². The van der Waals surface area contributed by atoms with E-state index in [0.717, 1.165) is 12.1 Å². The fourth-order valence-electron chi connectivity index (χ4n) is 1.20. The molecular formula is C11H13BrF3NO. The van der Waals surface area contributed by atoms with Crippen LogP contribution in [0.25, 0.3) is 0 Å². The summed E-state index contributed by atoms with van der Waals surface area (Å²) in [5.41, 5.74) is 0.984. The van der Waals surface area contributed by atoms with E-state index in [1.807, 2.05) is 6.92 Å². The normalized spacial score (nSPS) is 11.6. The van der Waals surface area contributed by atoms with E-state index in [4.69, 9.17) is 0 Å². The first-order chi connectivity index (χ1) is 7.92. The van der Waals surface area contributed by atoms with Crippen LogP contribution in [0.1, 0.15) is 12.5 Å². The fraction of sp³-hybridized carbons (Fsp3) is 0.455. The monoisotopic (exact) mass is 311 g/mol. The lowest BCUT2D eigenvalue weighted by molar-refractivity contribution is -0.153. The van der Waals surface area contributed by atoms with Crippen molar-refractivity contribution < 1.29 is 17.9 Å². The second kappa shape index (κ2) is 6.26. The third kappa shape index (κ3) is 5.41. The highest BCUT2D eigenvalue weighted by molar-refractivity contribution is 9.10. The van der Waals surface area contributed by atoms with Gasteiger partial charge in [-0.1, -0.05) is 13.0 Å². The van der Waals surface area contributed by atoms with Crippen LogP contribution in [-0.2, 0) is 6.54 Å². The topological polar surface area (TPSA) is 21.3 Å². The molecule has 0 amide bonds. The van der Waals surface area contributed by atoms with E-state index in [2.05, 4.69) is 26.0 Å². The second-order valence-electron chi connectivity index (χ2n) is 3.45. The molecular weight excluding hydrogens is 299 g/mol. The van der Waals surface area contributed by atoms with Gasteiger partial charge in [-0.15, -0.1) is 0 Å². The molecule has 0 aliphatic carbocycles. The average molecular weight is 312 g/mol. The molecule has 0 bridgehead atoms. The van der Waals surface area contributed by atoms with Crippen LogP contribution < -0.4 is 10.1 Å². The van der Waals surface area contributed by atoms with Crippen molar-refractivity contribution in [3.8, 4) is 5.75 Å². The average Bonchev–Trinajstić information content (AvgIpc) is 2.23. The lowest BCUT2D eigenvalue weighted by Crippen LogP contribution is -2.19. The summed E-state index contributed by atoms with van der Waals surface area (Å²) in [7, 11) is 0. The zero-order valence-corrected chi connectivity index (χ0v) is 10.9. The molecule has 0 saturated heterocycles. The molecule has 0 aromatic heterocycles. The maximum absolute atomic E-state index is 12.0. The van der Waals surface area contributed by atoms with Crippen LogP contribution in [0.15, 0.2) is 22.7 Å². The third-order valence-electron chi connectivity index (χ3n) is 1.97. The van der Waals surface area contributed by atoms with Gasteiger partial charge >= 0.3 is 6.18 Å². The van der Waals surface area contributed by atoms with E-state index in [1.165, 1.54) is 6.07 Å². The largest absolute Gasteiger partial charge is 0.483 e. The first kappa shape index (κ1) is 14.3. The number of rotatable bonds is 5. The minimum atomic E-state index is -4.32. The number of hydrogen-bond acceptors (Lipinski definition) is 2. The van der Waals surface area contributed by atoms with E-state index < -0.39 is 12.8 Å². The van der Waals surface area contributed by atoms with Crippen molar-refractivity contribution >= 4 is 15.9 Å². The lowest BCUT2D eigenvalue weighted by Gasteiger charge is -2.11. The van der Waals surface area contributed by atoms with Crippen LogP contribution in [0.4, 0.5) is 13.2 Å². The molecule has 0 aliphatic heterocycles. The van der Waals surface area contributed by atoms with Gasteiger partial charge in [-0.3, -0.25) is 0 Å². The summed E-state index contributed by atoms with van der Waals surface area (Å²) in [5.74, 6) is 0.197. The number of ether oxygens (including phenoxy) is 1. The predicted octanol–water partition coefficient (Wildman–Crippen LogP) is 3.50. The van der Waals surface area contributed by atoms with Crippen molar-refractivity contribution in [2.24, 2.45) is 0 Å². The van der Waals surface area contributed by atoms with Gasteiger partial charge in [0.2, 0.25) is 0 Å². The van der Waals surface area contributed by atoms with Crippen molar-refractivity contribution in [2.75, 3.05) is 13.2 Å². The Morgan fingerprint density at radius 3 is 2.59 bits per heavy atom. The summed E-state index contributed by atoms with van der Waals surface area (Å²) >= 11 is 3.19. The molecule has 0 radical (unpaired) electrons. The molecule has 0 spiro atoms. The van der Waals surface area contributed by atoms with Crippen molar-refractivity contribution in [2.45, 2.75) is 19.6 Å². The van der Waals surface area contributed by atoms with Gasteiger partial charge in [0.1, 0.15) is 5.75 Å². The molecule has 0 fully saturated rings. The van der Waals surface area contributed by atoms with E-state index in [1.54, 1.807) is 12.1 Å². The molecule has 0 atom stereocenters. The standard InChI is InChI=1S/C11H13BrF3NO/c1-2-16-6-8-3-4-10(9(12)5-8)17-7-11(13,14)15/h3-5,16H,2,6-7H2,1H3. The van der Waals surface area contributed by atoms with Crippen LogP contribution in [0.2, 0.25) is 0 Å². The minimum Gasteiger partial charge on any atom is -0.483 e. The van der Waals surface area contributed by atoms with Gasteiger partial charge in [0.05, 0.1) is 4.47 Å². The van der Waals surface area contributed by atoms with Crippen molar-refractivity contribution in [3.05, 3.63) is 28.2 Å². The summed E-state index contributed by atoms with van der Waals surface area (Å²) in [6.07, 6.45) is -4.32. The Hall–Kier alpha value is -0.750. The summed E-state index contributed by atoms with van der Waals surface area (Å²) < 4.78 is 41.1. The lowest BCUT2D eigenvalue weighted by atomic mass is 10.2. The second-order valence-corrected chi connectivity index (χ2v) is 4.30. The molecule has 1 N–H and O–H groups in total. The minimum absolute atomic E-state index is 0.197. The molecule has 1 aromatic rings. The molecule has 1 rings (SSSR count). The van der Waals surface area contributed by atoms with Crippen LogP contribution in [0.5, 0.6) is 5.75 Å². The maximum atomic E-state index is 12.0. The molecule has 2 nitrogen and oxygen atoms in total. The SMILES string of the molecule is CCNCc1ccc(OCC(F)(F)F)c(Br)c1. The van der Waals surface area contributed by atoms with Gasteiger partial charge in [-0.05, 0) is 40.2 Å². The number of benzene rings is 1. The molecule has 17 heavy (non-hydrogen) atoms. The first-order valence-corrected chi connectivity index (χ1v) is 5.90. The van der Waals surface area contributed by atoms with E-state index in [9.17, 15) is 13.2 Å². The number of halogens is 4. The van der Waals surface area contributed by atoms with Crippen LogP contribution in [0, 0.1) is 0 Å². The van der Waals surface area contributed by atoms with Crippen molar-refractivity contribution in [1.29, 1.82) is 0 Å². The van der Waals surface area contributed by atoms with Crippen molar-refractivity contribution in [3.63, 3.8) is 0 Å². The summed E-state index contributed by atoms with van der Waals surface area (Å²) in [6.45, 7) is 2.21. The predicted molar refractivity (Wildman–Crippen MR) is 63.1 cm³/mol. The Bertz CT molecular complexity index is 368. The van der Waals surface area contributed by atoms with E-state index in [0.29, 0.717) is 11.0 Å². The van der Waals surface area contributed by atoms with Gasteiger partial charge in [-0.2, -0.15) is 13.2 Å². The van der Waals surface area contributed by atoms with Gasteiger partial charge < -0.3 is 10.1 Å². The third-order valence-corrected chi connectivity index (χ3v) is 2.59. The molecule has 96 valence electrons. The Balaban J connectivity index is 2.63. The zero-order valence-electron chi connectivity index (χ0n) is 9.27. The number of alkyl halides is 3.